The first-order valence-electron chi connectivity index (χ1n) is 3.77. The van der Waals surface area contributed by atoms with E-state index in [9.17, 15) is 0 Å². The average molecular weight is 166 g/mol. The summed E-state index contributed by atoms with van der Waals surface area (Å²) in [7, 11) is 0. The summed E-state index contributed by atoms with van der Waals surface area (Å²) in [5.74, 6) is 0. The molecule has 4 nitrogen and oxygen atoms in total. The Morgan fingerprint density at radius 3 is 2.42 bits per heavy atom. The normalized spacial score (nSPS) is 8.17. The molecule has 1 rings (SSSR count). The molecule has 66 valence electrons. The van der Waals surface area contributed by atoms with Gasteiger partial charge in [0.05, 0.1) is 6.34 Å². The smallest absolute Gasteiger partial charge is 0.130 e. The number of hydrogen-bond donors (Lipinski definition) is 3. The van der Waals surface area contributed by atoms with E-state index in [1.165, 1.54) is 10.8 Å². The van der Waals surface area contributed by atoms with Crippen molar-refractivity contribution in [2.45, 2.75) is 13.8 Å². The molecule has 0 aliphatic carbocycles. The molecular weight excluding hydrogens is 152 g/mol. The van der Waals surface area contributed by atoms with Gasteiger partial charge in [-0.1, -0.05) is 13.8 Å². The topological polar surface area (TPSA) is 78.7 Å². The van der Waals surface area contributed by atoms with Crippen molar-refractivity contribution in [3.05, 3.63) is 23.8 Å². The Bertz CT molecular complexity index is 300. The minimum absolute atomic E-state index is 0.254. The number of nitrogens with zero attached hydrogens (tertiary/aromatic N) is 1. The Morgan fingerprint density at radius 2 is 2.00 bits per heavy atom. The molecule has 0 saturated carbocycles. The zero-order valence-corrected chi connectivity index (χ0v) is 7.33. The molecule has 12 heavy (non-hydrogen) atoms. The maximum absolute atomic E-state index is 7.22. The molecule has 0 aliphatic heterocycles. The second kappa shape index (κ2) is 5.12. The van der Waals surface area contributed by atoms with Gasteiger partial charge in [0.25, 0.3) is 0 Å². The summed E-state index contributed by atoms with van der Waals surface area (Å²) in [6.07, 6.45) is 2.56. The summed E-state index contributed by atoms with van der Waals surface area (Å²) in [5, 5.41) is 14.1. The molecule has 0 fully saturated rings. The summed E-state index contributed by atoms with van der Waals surface area (Å²) in [5.41, 5.74) is 6.20. The number of nitrogens with two attached hydrogens (primary N) is 1. The SMILES string of the molecule is CC.N=Cn1cc(N)ccc1=N. The summed E-state index contributed by atoms with van der Waals surface area (Å²) in [4.78, 5) is 0. The van der Waals surface area contributed by atoms with Gasteiger partial charge < -0.3 is 5.73 Å². The van der Waals surface area contributed by atoms with Crippen LogP contribution in [0.1, 0.15) is 13.8 Å². The lowest BCUT2D eigenvalue weighted by molar-refractivity contribution is 0.990. The number of nitrogens with one attached hydrogen (secondary N) is 2. The molecule has 0 amide bonds. The van der Waals surface area contributed by atoms with E-state index in [2.05, 4.69) is 0 Å². The van der Waals surface area contributed by atoms with E-state index in [0.29, 0.717) is 5.69 Å². The van der Waals surface area contributed by atoms with Gasteiger partial charge in [0.2, 0.25) is 0 Å². The fourth-order valence-electron chi connectivity index (χ4n) is 0.641. The van der Waals surface area contributed by atoms with Gasteiger partial charge in [0, 0.05) is 11.9 Å². The molecule has 4 heteroatoms. The largest absolute Gasteiger partial charge is 0.398 e. The van der Waals surface area contributed by atoms with Gasteiger partial charge in [-0.2, -0.15) is 0 Å². The van der Waals surface area contributed by atoms with Crippen molar-refractivity contribution in [1.82, 2.24) is 4.57 Å². The van der Waals surface area contributed by atoms with Crippen molar-refractivity contribution < 1.29 is 0 Å². The van der Waals surface area contributed by atoms with E-state index in [0.717, 1.165) is 6.34 Å². The van der Waals surface area contributed by atoms with Gasteiger partial charge in [-0.15, -0.1) is 0 Å². The highest BCUT2D eigenvalue weighted by Crippen LogP contribution is 1.92. The van der Waals surface area contributed by atoms with Crippen LogP contribution in [-0.4, -0.2) is 10.9 Å². The number of rotatable bonds is 1. The standard InChI is InChI=1S/C6H8N4.C2H6/c7-4-10-3-5(8)1-2-6(10)9;1-2/h1-4,7,9H,8H2;1-2H3. The lowest BCUT2D eigenvalue weighted by Crippen LogP contribution is -2.17. The third-order valence-corrected chi connectivity index (χ3v) is 1.14. The van der Waals surface area contributed by atoms with Crippen LogP contribution in [0.4, 0.5) is 5.69 Å². The van der Waals surface area contributed by atoms with Crippen LogP contribution in [-0.2, 0) is 0 Å². The first kappa shape index (κ1) is 10.4. The van der Waals surface area contributed by atoms with Crippen LogP contribution in [0.15, 0.2) is 18.3 Å². The molecule has 0 aliphatic rings. The second-order valence-corrected chi connectivity index (χ2v) is 1.88. The van der Waals surface area contributed by atoms with Crippen LogP contribution in [0, 0.1) is 10.8 Å². The number of hydrogen-bond acceptors (Lipinski definition) is 3. The minimum atomic E-state index is 0.254. The summed E-state index contributed by atoms with van der Waals surface area (Å²) >= 11 is 0. The predicted octanol–water partition coefficient (Wildman–Crippen LogP) is 1.03. The second-order valence-electron chi connectivity index (χ2n) is 1.88. The van der Waals surface area contributed by atoms with E-state index >= 15 is 0 Å². The molecule has 0 radical (unpaired) electrons. The van der Waals surface area contributed by atoms with Crippen molar-refractivity contribution in [2.75, 3.05) is 5.73 Å². The number of aromatic nitrogens is 1. The van der Waals surface area contributed by atoms with Gasteiger partial charge in [-0.25, -0.2) is 0 Å². The van der Waals surface area contributed by atoms with E-state index in [1.54, 1.807) is 12.1 Å². The zero-order chi connectivity index (χ0) is 9.56. The van der Waals surface area contributed by atoms with Crippen LogP contribution < -0.4 is 11.2 Å². The molecule has 1 heterocycles. The predicted molar refractivity (Wildman–Crippen MR) is 50.2 cm³/mol. The van der Waals surface area contributed by atoms with Crippen LogP contribution in [0.25, 0.3) is 0 Å². The van der Waals surface area contributed by atoms with Gasteiger partial charge in [-0.05, 0) is 12.1 Å². The van der Waals surface area contributed by atoms with Gasteiger partial charge >= 0.3 is 0 Å². The monoisotopic (exact) mass is 166 g/mol. The van der Waals surface area contributed by atoms with Gasteiger partial charge in [0.15, 0.2) is 0 Å². The molecule has 1 aromatic rings. The highest BCUT2D eigenvalue weighted by molar-refractivity contribution is 5.55. The van der Waals surface area contributed by atoms with Crippen LogP contribution >= 0.6 is 0 Å². The van der Waals surface area contributed by atoms with Crippen molar-refractivity contribution in [3.63, 3.8) is 0 Å². The van der Waals surface area contributed by atoms with Crippen LogP contribution in [0.3, 0.4) is 0 Å². The fraction of sp³-hybridized carbons (Fsp3) is 0.250. The summed E-state index contributed by atoms with van der Waals surface area (Å²) < 4.78 is 1.33. The summed E-state index contributed by atoms with van der Waals surface area (Å²) in [6, 6.07) is 3.17. The third-order valence-electron chi connectivity index (χ3n) is 1.14. The summed E-state index contributed by atoms with van der Waals surface area (Å²) in [6.45, 7) is 4.00. The first-order chi connectivity index (χ1) is 5.74. The van der Waals surface area contributed by atoms with E-state index < -0.39 is 0 Å². The first-order valence-corrected chi connectivity index (χ1v) is 3.77. The third kappa shape index (κ3) is 2.57. The Kier molecular flexibility index (Phi) is 4.45. The zero-order valence-electron chi connectivity index (χ0n) is 7.33. The molecule has 0 bridgehead atoms. The number of pyridine rings is 1. The fourth-order valence-corrected chi connectivity index (χ4v) is 0.641. The molecular formula is C8H14N4. The lowest BCUT2D eigenvalue weighted by Gasteiger charge is -1.97. The molecule has 0 unspecified atom stereocenters. The molecule has 4 N–H and O–H groups in total. The maximum Gasteiger partial charge on any atom is 0.130 e. The van der Waals surface area contributed by atoms with E-state index in [1.807, 2.05) is 13.8 Å². The number of anilines is 1. The van der Waals surface area contributed by atoms with Crippen LogP contribution in [0.5, 0.6) is 0 Å². The van der Waals surface area contributed by atoms with Gasteiger partial charge in [0.1, 0.15) is 5.49 Å². The van der Waals surface area contributed by atoms with Gasteiger partial charge in [-0.3, -0.25) is 15.4 Å². The molecule has 0 saturated heterocycles. The Labute approximate surface area is 71.7 Å². The van der Waals surface area contributed by atoms with Crippen molar-refractivity contribution >= 4 is 12.0 Å². The van der Waals surface area contributed by atoms with E-state index in [4.69, 9.17) is 16.6 Å². The quantitative estimate of drug-likeness (QED) is 0.423. The lowest BCUT2D eigenvalue weighted by atomic mass is 10.4. The van der Waals surface area contributed by atoms with Crippen molar-refractivity contribution in [1.29, 1.82) is 10.8 Å². The Morgan fingerprint density at radius 1 is 1.42 bits per heavy atom. The maximum atomic E-state index is 7.22. The van der Waals surface area contributed by atoms with Crippen molar-refractivity contribution in [2.24, 2.45) is 0 Å². The number of nitrogen functional groups attached to an aromatic ring is 1. The highest BCUT2D eigenvalue weighted by atomic mass is 15.0. The highest BCUT2D eigenvalue weighted by Gasteiger charge is 1.86. The molecule has 1 aromatic heterocycles. The molecule has 0 atom stereocenters. The van der Waals surface area contributed by atoms with E-state index in [-0.39, 0.29) is 5.49 Å². The molecule has 0 aromatic carbocycles. The Hall–Kier alpha value is -1.58. The minimum Gasteiger partial charge on any atom is -0.398 e. The van der Waals surface area contributed by atoms with Crippen molar-refractivity contribution in [3.8, 4) is 0 Å². The van der Waals surface area contributed by atoms with Crippen LogP contribution in [0.2, 0.25) is 0 Å². The molecule has 0 spiro atoms. The Balaban J connectivity index is 0.000000561. The average Bonchev–Trinajstić information content (AvgIpc) is 2.13.